The van der Waals surface area contributed by atoms with Crippen molar-refractivity contribution in [3.8, 4) is 0 Å². The molecule has 0 aromatic carbocycles. The van der Waals surface area contributed by atoms with Crippen LogP contribution in [-0.4, -0.2) is 51.3 Å². The van der Waals surface area contributed by atoms with Crippen molar-refractivity contribution in [2.45, 2.75) is 46.6 Å². The molecule has 0 aromatic rings. The van der Waals surface area contributed by atoms with Gasteiger partial charge in [0, 0.05) is 19.6 Å². The zero-order valence-electron chi connectivity index (χ0n) is 12.7. The van der Waals surface area contributed by atoms with E-state index in [1.807, 2.05) is 7.05 Å². The van der Waals surface area contributed by atoms with Gasteiger partial charge in [-0.25, -0.2) is 0 Å². The Morgan fingerprint density at radius 1 is 1.24 bits per heavy atom. The summed E-state index contributed by atoms with van der Waals surface area (Å²) in [6.07, 6.45) is 2.78. The highest BCUT2D eigenvalue weighted by molar-refractivity contribution is 4.81. The lowest BCUT2D eigenvalue weighted by Crippen LogP contribution is -2.42. The molecule has 0 saturated carbocycles. The summed E-state index contributed by atoms with van der Waals surface area (Å²) in [7, 11) is 4.24. The molecule has 0 aromatic heterocycles. The fraction of sp³-hybridized carbons (Fsp3) is 1.00. The van der Waals surface area contributed by atoms with Gasteiger partial charge in [-0.2, -0.15) is 0 Å². The number of hydrogen-bond acceptors (Lipinski definition) is 3. The summed E-state index contributed by atoms with van der Waals surface area (Å²) >= 11 is 0. The maximum absolute atomic E-state index is 5.60. The topological polar surface area (TPSA) is 24.5 Å². The maximum Gasteiger partial charge on any atom is 0.0596 e. The normalized spacial score (nSPS) is 12.7. The van der Waals surface area contributed by atoms with Crippen LogP contribution < -0.4 is 5.32 Å². The van der Waals surface area contributed by atoms with E-state index in [0.717, 1.165) is 26.2 Å². The molecule has 3 heteroatoms. The van der Waals surface area contributed by atoms with Gasteiger partial charge in [-0.1, -0.05) is 13.8 Å². The first-order valence-corrected chi connectivity index (χ1v) is 6.94. The number of hydrogen-bond donors (Lipinski definition) is 1. The number of nitrogens with one attached hydrogen (secondary N) is 1. The number of ether oxygens (including phenoxy) is 1. The van der Waals surface area contributed by atoms with Gasteiger partial charge in [0.25, 0.3) is 0 Å². The van der Waals surface area contributed by atoms with Gasteiger partial charge in [-0.3, -0.25) is 0 Å². The van der Waals surface area contributed by atoms with Crippen molar-refractivity contribution in [3.05, 3.63) is 0 Å². The van der Waals surface area contributed by atoms with Crippen LogP contribution in [0.5, 0.6) is 0 Å². The van der Waals surface area contributed by atoms with Gasteiger partial charge >= 0.3 is 0 Å². The molecule has 0 atom stereocenters. The van der Waals surface area contributed by atoms with Gasteiger partial charge in [0.1, 0.15) is 0 Å². The summed E-state index contributed by atoms with van der Waals surface area (Å²) in [6, 6.07) is 0. The minimum Gasteiger partial charge on any atom is -0.377 e. The molecule has 0 radical (unpaired) electrons. The van der Waals surface area contributed by atoms with Crippen molar-refractivity contribution in [3.63, 3.8) is 0 Å². The lowest BCUT2D eigenvalue weighted by Gasteiger charge is -2.35. The summed E-state index contributed by atoms with van der Waals surface area (Å²) in [4.78, 5) is 2.40. The first kappa shape index (κ1) is 16.9. The second-order valence-electron chi connectivity index (χ2n) is 5.39. The Morgan fingerprint density at radius 3 is 2.24 bits per heavy atom. The number of rotatable bonds is 10. The van der Waals surface area contributed by atoms with E-state index in [4.69, 9.17) is 4.74 Å². The van der Waals surface area contributed by atoms with Crippen LogP contribution in [-0.2, 0) is 4.74 Å². The molecule has 0 heterocycles. The molecule has 0 rings (SSSR count). The summed E-state index contributed by atoms with van der Waals surface area (Å²) in [5.74, 6) is 0. The van der Waals surface area contributed by atoms with Gasteiger partial charge in [0.2, 0.25) is 0 Å². The summed E-state index contributed by atoms with van der Waals surface area (Å²) < 4.78 is 5.60. The molecule has 0 amide bonds. The van der Waals surface area contributed by atoms with Gasteiger partial charge in [-0.15, -0.1) is 0 Å². The minimum absolute atomic E-state index is 0.336. The lowest BCUT2D eigenvalue weighted by atomic mass is 9.81. The van der Waals surface area contributed by atoms with Gasteiger partial charge in [0.15, 0.2) is 0 Å². The zero-order valence-corrected chi connectivity index (χ0v) is 12.7. The average Bonchev–Trinajstić information content (AvgIpc) is 2.27. The van der Waals surface area contributed by atoms with Crippen LogP contribution in [0.1, 0.15) is 40.5 Å². The third-order valence-electron chi connectivity index (χ3n) is 3.58. The molecular formula is C14H32N2O. The Labute approximate surface area is 108 Å². The van der Waals surface area contributed by atoms with Gasteiger partial charge in [0.05, 0.1) is 12.7 Å². The quantitative estimate of drug-likeness (QED) is 0.638. The first-order chi connectivity index (χ1) is 7.99. The molecule has 0 unspecified atom stereocenters. The second kappa shape index (κ2) is 8.90. The van der Waals surface area contributed by atoms with Crippen LogP contribution >= 0.6 is 0 Å². The van der Waals surface area contributed by atoms with Crippen LogP contribution in [0.25, 0.3) is 0 Å². The molecule has 0 aliphatic heterocycles. The summed E-state index contributed by atoms with van der Waals surface area (Å²) in [6.45, 7) is 12.8. The molecule has 104 valence electrons. The predicted molar refractivity (Wildman–Crippen MR) is 75.5 cm³/mol. The average molecular weight is 244 g/mol. The highest BCUT2D eigenvalue weighted by Gasteiger charge is 2.26. The fourth-order valence-electron chi connectivity index (χ4n) is 2.25. The van der Waals surface area contributed by atoms with Crippen LogP contribution in [0.3, 0.4) is 0 Å². The van der Waals surface area contributed by atoms with Crippen molar-refractivity contribution >= 4 is 0 Å². The molecule has 3 nitrogen and oxygen atoms in total. The van der Waals surface area contributed by atoms with E-state index in [9.17, 15) is 0 Å². The summed E-state index contributed by atoms with van der Waals surface area (Å²) in [5.41, 5.74) is 0.404. The van der Waals surface area contributed by atoms with E-state index in [1.54, 1.807) is 0 Å². The van der Waals surface area contributed by atoms with Crippen molar-refractivity contribution in [2.75, 3.05) is 40.3 Å². The molecule has 0 spiro atoms. The SMILES string of the molecule is CCC(CC)(CNC)CN(C)CCOC(C)C. The Morgan fingerprint density at radius 2 is 1.82 bits per heavy atom. The van der Waals surface area contributed by atoms with Crippen LogP contribution in [0, 0.1) is 5.41 Å². The van der Waals surface area contributed by atoms with Crippen LogP contribution in [0.2, 0.25) is 0 Å². The van der Waals surface area contributed by atoms with Crippen LogP contribution in [0.15, 0.2) is 0 Å². The molecular weight excluding hydrogens is 212 g/mol. The van der Waals surface area contributed by atoms with E-state index in [2.05, 4.69) is 45.0 Å². The van der Waals surface area contributed by atoms with E-state index >= 15 is 0 Å². The predicted octanol–water partition coefficient (Wildman–Crippen LogP) is 2.37. The van der Waals surface area contributed by atoms with Crippen molar-refractivity contribution < 1.29 is 4.74 Å². The second-order valence-corrected chi connectivity index (χ2v) is 5.39. The lowest BCUT2D eigenvalue weighted by molar-refractivity contribution is 0.0529. The molecule has 0 saturated heterocycles. The Bertz CT molecular complexity index is 179. The molecule has 0 fully saturated rings. The molecule has 0 aliphatic rings. The third kappa shape index (κ3) is 7.02. The Balaban J connectivity index is 4.07. The fourth-order valence-corrected chi connectivity index (χ4v) is 2.25. The highest BCUT2D eigenvalue weighted by Crippen LogP contribution is 2.26. The highest BCUT2D eigenvalue weighted by atomic mass is 16.5. The van der Waals surface area contributed by atoms with Crippen LogP contribution in [0.4, 0.5) is 0 Å². The monoisotopic (exact) mass is 244 g/mol. The number of likely N-dealkylation sites (N-methyl/N-ethyl adjacent to an activating group) is 1. The van der Waals surface area contributed by atoms with Crippen molar-refractivity contribution in [2.24, 2.45) is 5.41 Å². The number of nitrogens with zero attached hydrogens (tertiary/aromatic N) is 1. The van der Waals surface area contributed by atoms with E-state index < -0.39 is 0 Å². The standard InChI is InChI=1S/C14H32N2O/c1-7-14(8-2,11-15-5)12-16(6)9-10-17-13(3)4/h13,15H,7-12H2,1-6H3. The Kier molecular flexibility index (Phi) is 8.83. The minimum atomic E-state index is 0.336. The summed E-state index contributed by atoms with van der Waals surface area (Å²) in [5, 5.41) is 3.33. The Hall–Kier alpha value is -0.120. The van der Waals surface area contributed by atoms with E-state index in [-0.39, 0.29) is 0 Å². The van der Waals surface area contributed by atoms with E-state index in [0.29, 0.717) is 11.5 Å². The molecule has 0 aliphatic carbocycles. The third-order valence-corrected chi connectivity index (χ3v) is 3.58. The smallest absolute Gasteiger partial charge is 0.0596 e. The zero-order chi connectivity index (χ0) is 13.3. The van der Waals surface area contributed by atoms with Gasteiger partial charge < -0.3 is 15.0 Å². The van der Waals surface area contributed by atoms with Crippen molar-refractivity contribution in [1.29, 1.82) is 0 Å². The largest absolute Gasteiger partial charge is 0.377 e. The first-order valence-electron chi connectivity index (χ1n) is 6.94. The maximum atomic E-state index is 5.60. The van der Waals surface area contributed by atoms with Gasteiger partial charge in [-0.05, 0) is 46.2 Å². The molecule has 0 bridgehead atoms. The van der Waals surface area contributed by atoms with E-state index in [1.165, 1.54) is 12.8 Å². The molecule has 1 N–H and O–H groups in total. The van der Waals surface area contributed by atoms with Crippen molar-refractivity contribution in [1.82, 2.24) is 10.2 Å². The molecule has 17 heavy (non-hydrogen) atoms.